The summed E-state index contributed by atoms with van der Waals surface area (Å²) in [5.41, 5.74) is 1.18. The summed E-state index contributed by atoms with van der Waals surface area (Å²) in [6.45, 7) is 0. The molecule has 2 rings (SSSR count). The highest BCUT2D eigenvalue weighted by atomic mass is 16.6. The number of para-hydroxylation sites is 2. The zero-order valence-electron chi connectivity index (χ0n) is 8.47. The van der Waals surface area contributed by atoms with Crippen LogP contribution in [0.5, 0.6) is 0 Å². The Morgan fingerprint density at radius 1 is 1.25 bits per heavy atom. The van der Waals surface area contributed by atoms with Gasteiger partial charge >= 0.3 is 0 Å². The minimum absolute atomic E-state index is 0.0164. The fourth-order valence-electron chi connectivity index (χ4n) is 1.61. The van der Waals surface area contributed by atoms with Crippen LogP contribution in [0.15, 0.2) is 36.0 Å². The first-order valence-corrected chi connectivity index (χ1v) is 4.90. The Kier molecular flexibility index (Phi) is 2.68. The van der Waals surface area contributed by atoms with E-state index in [0.29, 0.717) is 18.5 Å². The number of nitro groups is 1. The monoisotopic (exact) mass is 218 g/mol. The van der Waals surface area contributed by atoms with E-state index >= 15 is 0 Å². The van der Waals surface area contributed by atoms with E-state index in [9.17, 15) is 14.9 Å². The molecule has 0 atom stereocenters. The van der Waals surface area contributed by atoms with E-state index in [1.165, 1.54) is 12.1 Å². The van der Waals surface area contributed by atoms with E-state index < -0.39 is 4.92 Å². The lowest BCUT2D eigenvalue weighted by molar-refractivity contribution is -0.383. The minimum Gasteiger partial charge on any atom is -0.353 e. The average molecular weight is 218 g/mol. The van der Waals surface area contributed by atoms with Crippen LogP contribution in [0.2, 0.25) is 0 Å². The summed E-state index contributed by atoms with van der Waals surface area (Å²) in [7, 11) is 0. The molecule has 0 fully saturated rings. The first kappa shape index (κ1) is 10.4. The zero-order chi connectivity index (χ0) is 11.5. The number of nitrogens with one attached hydrogen (secondary N) is 1. The van der Waals surface area contributed by atoms with E-state index in [1.54, 1.807) is 18.2 Å². The van der Waals surface area contributed by atoms with Gasteiger partial charge in [-0.2, -0.15) is 0 Å². The fourth-order valence-corrected chi connectivity index (χ4v) is 1.61. The molecule has 0 aromatic heterocycles. The number of hydrogen-bond donors (Lipinski definition) is 1. The summed E-state index contributed by atoms with van der Waals surface area (Å²) in [6, 6.07) is 6.38. The number of nitro benzene ring substituents is 1. The van der Waals surface area contributed by atoms with Crippen molar-refractivity contribution in [3.63, 3.8) is 0 Å². The Morgan fingerprint density at radius 2 is 2.00 bits per heavy atom. The summed E-state index contributed by atoms with van der Waals surface area (Å²) in [5, 5.41) is 13.7. The number of nitrogens with zero attached hydrogens (tertiary/aromatic N) is 1. The van der Waals surface area contributed by atoms with Crippen LogP contribution in [-0.4, -0.2) is 10.7 Å². The summed E-state index contributed by atoms with van der Waals surface area (Å²) in [4.78, 5) is 21.3. The van der Waals surface area contributed by atoms with Gasteiger partial charge in [-0.25, -0.2) is 0 Å². The lowest BCUT2D eigenvalue weighted by Gasteiger charge is -2.06. The molecule has 0 aliphatic heterocycles. The molecule has 1 N–H and O–H groups in total. The van der Waals surface area contributed by atoms with Crippen molar-refractivity contribution >= 4 is 17.2 Å². The van der Waals surface area contributed by atoms with Crippen LogP contribution in [0.25, 0.3) is 0 Å². The van der Waals surface area contributed by atoms with Crippen LogP contribution in [0.4, 0.5) is 11.4 Å². The smallest absolute Gasteiger partial charge is 0.292 e. The molecule has 0 amide bonds. The number of allylic oxidation sites excluding steroid dienone is 2. The van der Waals surface area contributed by atoms with Crippen LogP contribution in [0.1, 0.15) is 12.8 Å². The highest BCUT2D eigenvalue weighted by Crippen LogP contribution is 2.26. The predicted molar refractivity (Wildman–Crippen MR) is 59.0 cm³/mol. The molecule has 0 bridgehead atoms. The molecule has 82 valence electrons. The maximum absolute atomic E-state index is 11.0. The molecular weight excluding hydrogens is 208 g/mol. The molecule has 1 aliphatic rings. The molecule has 0 saturated carbocycles. The third-order valence-corrected chi connectivity index (χ3v) is 2.37. The fraction of sp³-hybridized carbons (Fsp3) is 0.182. The van der Waals surface area contributed by atoms with Gasteiger partial charge in [-0.15, -0.1) is 0 Å². The number of benzene rings is 1. The standard InChI is InChI=1S/C11H10N2O3/c14-9-6-5-8(7-9)12-10-3-1-2-4-11(10)13(15)16/h1-4,7,12H,5-6H2. The molecular formula is C11H10N2O3. The molecule has 0 spiro atoms. The Hall–Kier alpha value is -2.17. The molecule has 0 radical (unpaired) electrons. The van der Waals surface area contributed by atoms with Crippen molar-refractivity contribution in [1.29, 1.82) is 0 Å². The van der Waals surface area contributed by atoms with Gasteiger partial charge < -0.3 is 5.32 Å². The Bertz CT molecular complexity index is 480. The number of carbonyl (C=O) groups excluding carboxylic acids is 1. The topological polar surface area (TPSA) is 72.2 Å². The summed E-state index contributed by atoms with van der Waals surface area (Å²) < 4.78 is 0. The highest BCUT2D eigenvalue weighted by molar-refractivity contribution is 5.93. The molecule has 1 aliphatic carbocycles. The molecule has 1 aromatic carbocycles. The van der Waals surface area contributed by atoms with Gasteiger partial charge in [-0.3, -0.25) is 14.9 Å². The quantitative estimate of drug-likeness (QED) is 0.623. The van der Waals surface area contributed by atoms with Crippen molar-refractivity contribution in [2.75, 3.05) is 5.32 Å². The summed E-state index contributed by atoms with van der Waals surface area (Å²) >= 11 is 0. The highest BCUT2D eigenvalue weighted by Gasteiger charge is 2.16. The first-order chi connectivity index (χ1) is 7.66. The van der Waals surface area contributed by atoms with Crippen molar-refractivity contribution in [3.05, 3.63) is 46.2 Å². The average Bonchev–Trinajstić information content (AvgIpc) is 2.64. The van der Waals surface area contributed by atoms with Crippen LogP contribution in [0, 0.1) is 10.1 Å². The van der Waals surface area contributed by atoms with Gasteiger partial charge in [-0.05, 0) is 12.5 Å². The summed E-state index contributed by atoms with van der Waals surface area (Å²) in [6.07, 6.45) is 2.59. The van der Waals surface area contributed by atoms with E-state index in [-0.39, 0.29) is 11.5 Å². The normalized spacial score (nSPS) is 14.8. The van der Waals surface area contributed by atoms with Gasteiger partial charge in [0, 0.05) is 24.3 Å². The van der Waals surface area contributed by atoms with Gasteiger partial charge in [0.15, 0.2) is 5.78 Å². The number of rotatable bonds is 3. The predicted octanol–water partition coefficient (Wildman–Crippen LogP) is 2.25. The number of anilines is 1. The largest absolute Gasteiger partial charge is 0.353 e. The van der Waals surface area contributed by atoms with Crippen LogP contribution < -0.4 is 5.32 Å². The van der Waals surface area contributed by atoms with Crippen LogP contribution in [0.3, 0.4) is 0 Å². The van der Waals surface area contributed by atoms with E-state index in [1.807, 2.05) is 0 Å². The van der Waals surface area contributed by atoms with E-state index in [2.05, 4.69) is 5.32 Å². The number of ketones is 1. The third-order valence-electron chi connectivity index (χ3n) is 2.37. The second-order valence-corrected chi connectivity index (χ2v) is 3.54. The zero-order valence-corrected chi connectivity index (χ0v) is 8.47. The Balaban J connectivity index is 2.24. The Morgan fingerprint density at radius 3 is 2.62 bits per heavy atom. The van der Waals surface area contributed by atoms with Gasteiger partial charge in [0.05, 0.1) is 4.92 Å². The molecule has 5 nitrogen and oxygen atoms in total. The van der Waals surface area contributed by atoms with Crippen molar-refractivity contribution in [1.82, 2.24) is 0 Å². The molecule has 0 saturated heterocycles. The molecule has 0 unspecified atom stereocenters. The summed E-state index contributed by atoms with van der Waals surface area (Å²) in [5.74, 6) is 0.0566. The SMILES string of the molecule is O=C1C=C(Nc2ccccc2[N+](=O)[O-])CC1. The Labute approximate surface area is 91.9 Å². The maximum atomic E-state index is 11.0. The van der Waals surface area contributed by atoms with Gasteiger partial charge in [0.1, 0.15) is 5.69 Å². The van der Waals surface area contributed by atoms with Crippen LogP contribution >= 0.6 is 0 Å². The third kappa shape index (κ3) is 2.08. The van der Waals surface area contributed by atoms with Crippen molar-refractivity contribution in [3.8, 4) is 0 Å². The maximum Gasteiger partial charge on any atom is 0.292 e. The lowest BCUT2D eigenvalue weighted by Crippen LogP contribution is -2.00. The molecule has 5 heteroatoms. The van der Waals surface area contributed by atoms with Crippen molar-refractivity contribution < 1.29 is 9.72 Å². The minimum atomic E-state index is -0.445. The molecule has 0 heterocycles. The number of carbonyl (C=O) groups is 1. The van der Waals surface area contributed by atoms with Gasteiger partial charge in [0.25, 0.3) is 5.69 Å². The lowest BCUT2D eigenvalue weighted by atomic mass is 10.2. The van der Waals surface area contributed by atoms with Gasteiger partial charge in [0.2, 0.25) is 0 Å². The molecule has 1 aromatic rings. The van der Waals surface area contributed by atoms with Crippen molar-refractivity contribution in [2.45, 2.75) is 12.8 Å². The first-order valence-electron chi connectivity index (χ1n) is 4.90. The van der Waals surface area contributed by atoms with E-state index in [0.717, 1.165) is 5.70 Å². The van der Waals surface area contributed by atoms with Crippen molar-refractivity contribution in [2.24, 2.45) is 0 Å². The van der Waals surface area contributed by atoms with Crippen LogP contribution in [-0.2, 0) is 4.79 Å². The van der Waals surface area contributed by atoms with Gasteiger partial charge in [-0.1, -0.05) is 12.1 Å². The second kappa shape index (κ2) is 4.14. The second-order valence-electron chi connectivity index (χ2n) is 3.54. The number of hydrogen-bond acceptors (Lipinski definition) is 4. The molecule has 16 heavy (non-hydrogen) atoms. The van der Waals surface area contributed by atoms with E-state index in [4.69, 9.17) is 0 Å².